The average Bonchev–Trinajstić information content (AvgIpc) is 2.88. The summed E-state index contributed by atoms with van der Waals surface area (Å²) in [7, 11) is 0. The number of nitrogens with zero attached hydrogens (tertiary/aromatic N) is 2. The number of carbonyl (C=O) groups is 2. The van der Waals surface area contributed by atoms with Gasteiger partial charge in [0.1, 0.15) is 0 Å². The smallest absolute Gasteiger partial charge is 0.308 e. The summed E-state index contributed by atoms with van der Waals surface area (Å²) in [5.74, 6) is -1.43. The number of carbonyl (C=O) groups excluding carboxylic acids is 1. The van der Waals surface area contributed by atoms with Gasteiger partial charge in [0.25, 0.3) is 5.91 Å². The van der Waals surface area contributed by atoms with E-state index < -0.39 is 11.9 Å². The van der Waals surface area contributed by atoms with Crippen molar-refractivity contribution in [3.8, 4) is 0 Å². The van der Waals surface area contributed by atoms with Crippen LogP contribution in [0.15, 0.2) is 30.3 Å². The highest BCUT2D eigenvalue weighted by atomic mass is 16.4. The predicted octanol–water partition coefficient (Wildman–Crippen LogP) is 3.02. The van der Waals surface area contributed by atoms with E-state index in [1.807, 2.05) is 50.6 Å². The third kappa shape index (κ3) is 5.44. The molecule has 2 rings (SSSR count). The molecule has 0 aliphatic rings. The molecule has 0 saturated heterocycles. The van der Waals surface area contributed by atoms with Crippen molar-refractivity contribution in [2.45, 2.75) is 40.7 Å². The van der Waals surface area contributed by atoms with Crippen LogP contribution in [0.5, 0.6) is 0 Å². The van der Waals surface area contributed by atoms with E-state index in [1.54, 1.807) is 12.1 Å². The van der Waals surface area contributed by atoms with Gasteiger partial charge in [0.05, 0.1) is 18.2 Å². The van der Waals surface area contributed by atoms with Crippen molar-refractivity contribution in [1.29, 1.82) is 0 Å². The molecule has 2 aromatic rings. The van der Waals surface area contributed by atoms with Crippen molar-refractivity contribution in [2.75, 3.05) is 6.54 Å². The van der Waals surface area contributed by atoms with Gasteiger partial charge >= 0.3 is 5.97 Å². The fourth-order valence-electron chi connectivity index (χ4n) is 2.93. The molecule has 0 spiro atoms. The van der Waals surface area contributed by atoms with Crippen molar-refractivity contribution >= 4 is 11.9 Å². The quantitative estimate of drug-likeness (QED) is 0.760. The Morgan fingerprint density at radius 2 is 1.85 bits per heavy atom. The van der Waals surface area contributed by atoms with Crippen LogP contribution < -0.4 is 5.32 Å². The lowest BCUT2D eigenvalue weighted by atomic mass is 9.97. The van der Waals surface area contributed by atoms with E-state index in [0.29, 0.717) is 18.5 Å². The van der Waals surface area contributed by atoms with Gasteiger partial charge in [-0.1, -0.05) is 26.0 Å². The zero-order valence-electron chi connectivity index (χ0n) is 15.8. The molecule has 1 heterocycles. The minimum Gasteiger partial charge on any atom is -0.481 e. The van der Waals surface area contributed by atoms with Crippen LogP contribution in [0, 0.1) is 25.7 Å². The van der Waals surface area contributed by atoms with E-state index in [4.69, 9.17) is 0 Å². The van der Waals surface area contributed by atoms with Crippen LogP contribution in [0.25, 0.3) is 0 Å². The Morgan fingerprint density at radius 1 is 1.19 bits per heavy atom. The first-order valence-electron chi connectivity index (χ1n) is 8.87. The maximum Gasteiger partial charge on any atom is 0.308 e. The maximum atomic E-state index is 12.3. The van der Waals surface area contributed by atoms with Crippen LogP contribution in [0.4, 0.5) is 0 Å². The summed E-state index contributed by atoms with van der Waals surface area (Å²) < 4.78 is 1.92. The maximum absolute atomic E-state index is 12.3. The lowest BCUT2D eigenvalue weighted by Gasteiger charge is -2.15. The second-order valence-corrected chi connectivity index (χ2v) is 7.16. The van der Waals surface area contributed by atoms with Crippen LogP contribution >= 0.6 is 0 Å². The Kier molecular flexibility index (Phi) is 6.55. The molecular formula is C20H27N3O3. The van der Waals surface area contributed by atoms with Gasteiger partial charge in [-0.2, -0.15) is 5.10 Å². The summed E-state index contributed by atoms with van der Waals surface area (Å²) in [4.78, 5) is 23.5. The highest BCUT2D eigenvalue weighted by Crippen LogP contribution is 2.12. The monoisotopic (exact) mass is 357 g/mol. The lowest BCUT2D eigenvalue weighted by molar-refractivity contribution is -0.142. The van der Waals surface area contributed by atoms with Crippen molar-refractivity contribution in [3.63, 3.8) is 0 Å². The van der Waals surface area contributed by atoms with Gasteiger partial charge in [-0.3, -0.25) is 14.3 Å². The summed E-state index contributed by atoms with van der Waals surface area (Å²) in [6, 6.07) is 9.34. The molecule has 1 unspecified atom stereocenters. The second kappa shape index (κ2) is 8.65. The van der Waals surface area contributed by atoms with Crippen molar-refractivity contribution in [3.05, 3.63) is 52.8 Å². The molecule has 0 aliphatic heterocycles. The van der Waals surface area contributed by atoms with Gasteiger partial charge in [0, 0.05) is 17.8 Å². The highest BCUT2D eigenvalue weighted by Gasteiger charge is 2.20. The van der Waals surface area contributed by atoms with Gasteiger partial charge in [-0.05, 0) is 49.9 Å². The molecule has 1 aromatic carbocycles. The average molecular weight is 357 g/mol. The molecule has 26 heavy (non-hydrogen) atoms. The molecule has 1 aromatic heterocycles. The first-order valence-corrected chi connectivity index (χ1v) is 8.87. The van der Waals surface area contributed by atoms with E-state index in [1.165, 1.54) is 0 Å². The van der Waals surface area contributed by atoms with Crippen LogP contribution in [0.3, 0.4) is 0 Å². The number of aryl methyl sites for hydroxylation is 2. The van der Waals surface area contributed by atoms with E-state index >= 15 is 0 Å². The van der Waals surface area contributed by atoms with Crippen molar-refractivity contribution < 1.29 is 14.7 Å². The molecule has 1 amide bonds. The standard InChI is InChI=1S/C20H27N3O3/c1-13(2)9-18(20(25)26)11-21-19(24)17-7-5-16(6-8-17)12-23-15(4)10-14(3)22-23/h5-8,10,13,18H,9,11-12H2,1-4H3,(H,21,24)(H,25,26). The molecule has 1 atom stereocenters. The zero-order chi connectivity index (χ0) is 19.3. The van der Waals surface area contributed by atoms with Gasteiger partial charge in [-0.25, -0.2) is 0 Å². The third-order valence-corrected chi connectivity index (χ3v) is 4.27. The molecule has 0 saturated carbocycles. The largest absolute Gasteiger partial charge is 0.481 e. The fraction of sp³-hybridized carbons (Fsp3) is 0.450. The van der Waals surface area contributed by atoms with Crippen LogP contribution in [0.2, 0.25) is 0 Å². The number of aliphatic carboxylic acids is 1. The number of carboxylic acid groups (broad SMARTS) is 1. The molecule has 6 heteroatoms. The Balaban J connectivity index is 1.95. The fourth-order valence-corrected chi connectivity index (χ4v) is 2.93. The number of hydrogen-bond acceptors (Lipinski definition) is 3. The summed E-state index contributed by atoms with van der Waals surface area (Å²) in [6.45, 7) is 8.70. The van der Waals surface area contributed by atoms with Crippen LogP contribution in [-0.4, -0.2) is 33.3 Å². The molecule has 0 bridgehead atoms. The molecule has 0 radical (unpaired) electrons. The second-order valence-electron chi connectivity index (χ2n) is 7.16. The molecular weight excluding hydrogens is 330 g/mol. The number of aromatic nitrogens is 2. The lowest BCUT2D eigenvalue weighted by Crippen LogP contribution is -2.33. The molecule has 0 aliphatic carbocycles. The summed E-state index contributed by atoms with van der Waals surface area (Å²) in [6.07, 6.45) is 0.539. The molecule has 2 N–H and O–H groups in total. The van der Waals surface area contributed by atoms with Crippen LogP contribution in [0.1, 0.15) is 47.6 Å². The van der Waals surface area contributed by atoms with E-state index in [-0.39, 0.29) is 18.4 Å². The Morgan fingerprint density at radius 3 is 2.35 bits per heavy atom. The number of benzene rings is 1. The SMILES string of the molecule is Cc1cc(C)n(Cc2ccc(C(=O)NCC(CC(C)C)C(=O)O)cc2)n1. The summed E-state index contributed by atoms with van der Waals surface area (Å²) >= 11 is 0. The Hall–Kier alpha value is -2.63. The number of rotatable bonds is 8. The van der Waals surface area contributed by atoms with E-state index in [0.717, 1.165) is 17.0 Å². The Labute approximate surface area is 154 Å². The predicted molar refractivity (Wildman–Crippen MR) is 100 cm³/mol. The van der Waals surface area contributed by atoms with Crippen molar-refractivity contribution in [1.82, 2.24) is 15.1 Å². The minimum absolute atomic E-state index is 0.139. The molecule has 0 fully saturated rings. The van der Waals surface area contributed by atoms with Gasteiger partial charge < -0.3 is 10.4 Å². The minimum atomic E-state index is -0.876. The number of hydrogen-bond donors (Lipinski definition) is 2. The van der Waals surface area contributed by atoms with Gasteiger partial charge in [0.2, 0.25) is 0 Å². The first kappa shape index (κ1) is 19.7. The van der Waals surface area contributed by atoms with Crippen molar-refractivity contribution in [2.24, 2.45) is 11.8 Å². The van der Waals surface area contributed by atoms with Gasteiger partial charge in [-0.15, -0.1) is 0 Å². The third-order valence-electron chi connectivity index (χ3n) is 4.27. The molecule has 6 nitrogen and oxygen atoms in total. The summed E-state index contributed by atoms with van der Waals surface area (Å²) in [5, 5.41) is 16.4. The van der Waals surface area contributed by atoms with E-state index in [2.05, 4.69) is 10.4 Å². The topological polar surface area (TPSA) is 84.2 Å². The number of amides is 1. The van der Waals surface area contributed by atoms with E-state index in [9.17, 15) is 14.7 Å². The summed E-state index contributed by atoms with van der Waals surface area (Å²) in [5.41, 5.74) is 3.65. The van der Waals surface area contributed by atoms with Crippen LogP contribution in [-0.2, 0) is 11.3 Å². The zero-order valence-corrected chi connectivity index (χ0v) is 15.8. The van der Waals surface area contributed by atoms with Gasteiger partial charge in [0.15, 0.2) is 0 Å². The first-order chi connectivity index (χ1) is 12.3. The normalized spacial score (nSPS) is 12.2. The number of nitrogens with one attached hydrogen (secondary N) is 1. The number of carboxylic acids is 1. The Bertz CT molecular complexity index is 763. The highest BCUT2D eigenvalue weighted by molar-refractivity contribution is 5.94. The molecule has 140 valence electrons.